The minimum absolute atomic E-state index is 0.187. The summed E-state index contributed by atoms with van der Waals surface area (Å²) in [4.78, 5) is 16.8. The molecule has 2 heterocycles. The van der Waals surface area contributed by atoms with Crippen molar-refractivity contribution in [2.45, 2.75) is 31.3 Å². The van der Waals surface area contributed by atoms with Gasteiger partial charge in [-0.05, 0) is 31.2 Å². The van der Waals surface area contributed by atoms with Crippen LogP contribution in [0.2, 0.25) is 0 Å². The molecule has 2 unspecified atom stereocenters. The van der Waals surface area contributed by atoms with E-state index in [1.54, 1.807) is 0 Å². The first-order valence-electron chi connectivity index (χ1n) is 9.47. The van der Waals surface area contributed by atoms with Crippen LogP contribution in [0.5, 0.6) is 0 Å². The maximum absolute atomic E-state index is 14.7. The van der Waals surface area contributed by atoms with Crippen LogP contribution < -0.4 is 5.56 Å². The highest BCUT2D eigenvalue weighted by molar-refractivity contribution is 5.77. The Labute approximate surface area is 181 Å². The summed E-state index contributed by atoms with van der Waals surface area (Å²) in [5, 5.41) is 22.6. The normalized spacial score (nSPS) is 14.9. The molecule has 0 aliphatic rings. The summed E-state index contributed by atoms with van der Waals surface area (Å²) in [7, 11) is 0. The van der Waals surface area contributed by atoms with Gasteiger partial charge in [-0.1, -0.05) is 11.3 Å². The van der Waals surface area contributed by atoms with E-state index < -0.39 is 47.1 Å². The van der Waals surface area contributed by atoms with E-state index in [-0.39, 0.29) is 16.5 Å². The van der Waals surface area contributed by atoms with Gasteiger partial charge in [-0.2, -0.15) is 18.3 Å². The van der Waals surface area contributed by atoms with Crippen LogP contribution >= 0.6 is 0 Å². The van der Waals surface area contributed by atoms with Gasteiger partial charge >= 0.3 is 6.18 Å². The van der Waals surface area contributed by atoms with Gasteiger partial charge in [-0.3, -0.25) is 4.79 Å². The molecule has 2 aromatic heterocycles. The van der Waals surface area contributed by atoms with E-state index >= 15 is 0 Å². The maximum Gasteiger partial charge on any atom is 0.416 e. The monoisotopic (exact) mass is 466 g/mol. The molecule has 4 rings (SSSR count). The number of aliphatic hydroxyl groups is 1. The van der Waals surface area contributed by atoms with Crippen molar-refractivity contribution < 1.29 is 27.1 Å². The van der Waals surface area contributed by atoms with E-state index in [1.807, 2.05) is 0 Å². The van der Waals surface area contributed by atoms with E-state index in [4.69, 9.17) is 0 Å². The Morgan fingerprint density at radius 2 is 1.88 bits per heavy atom. The molecule has 0 fully saturated rings. The smallest absolute Gasteiger partial charge is 0.381 e. The first-order chi connectivity index (χ1) is 15.5. The first-order valence-corrected chi connectivity index (χ1v) is 9.47. The zero-order chi connectivity index (χ0) is 24.0. The minimum Gasteiger partial charge on any atom is -0.381 e. The van der Waals surface area contributed by atoms with Crippen molar-refractivity contribution in [2.75, 3.05) is 0 Å². The second-order valence-electron chi connectivity index (χ2n) is 7.39. The Balaban J connectivity index is 1.86. The fraction of sp³-hybridized carbons (Fsp3) is 0.250. The van der Waals surface area contributed by atoms with Gasteiger partial charge in [0.25, 0.3) is 5.56 Å². The van der Waals surface area contributed by atoms with E-state index in [1.165, 1.54) is 24.3 Å². The number of halogens is 5. The van der Waals surface area contributed by atoms with E-state index in [0.717, 1.165) is 28.9 Å². The number of hydrogen-bond donors (Lipinski definition) is 1. The van der Waals surface area contributed by atoms with Crippen molar-refractivity contribution in [2.24, 2.45) is 0 Å². The van der Waals surface area contributed by atoms with Crippen LogP contribution in [0.4, 0.5) is 22.0 Å². The van der Waals surface area contributed by atoms with E-state index in [9.17, 15) is 31.9 Å². The van der Waals surface area contributed by atoms with Gasteiger partial charge in [0.2, 0.25) is 0 Å². The fourth-order valence-electron chi connectivity index (χ4n) is 3.53. The van der Waals surface area contributed by atoms with Crippen molar-refractivity contribution in [1.29, 1.82) is 0 Å². The van der Waals surface area contributed by atoms with Crippen LogP contribution in [-0.2, 0) is 18.3 Å². The molecular formula is C20H15F5N6O2. The van der Waals surface area contributed by atoms with Gasteiger partial charge in [0.15, 0.2) is 0 Å². The number of alkyl halides is 3. The van der Waals surface area contributed by atoms with Gasteiger partial charge < -0.3 is 5.11 Å². The summed E-state index contributed by atoms with van der Waals surface area (Å²) < 4.78 is 69.0. The predicted octanol–water partition coefficient (Wildman–Crippen LogP) is 2.83. The highest BCUT2D eigenvalue weighted by atomic mass is 19.4. The fourth-order valence-corrected chi connectivity index (χ4v) is 3.53. The summed E-state index contributed by atoms with van der Waals surface area (Å²) in [6.07, 6.45) is -2.23. The average Bonchev–Trinajstić information content (AvgIpc) is 3.25. The lowest BCUT2D eigenvalue weighted by atomic mass is 9.86. The SMILES string of the molecule is CC(n1nnc2cc(C(F)(F)F)ccc2c1=O)C(O)(Cn1cncn1)c1ccc(F)cc1F. The Kier molecular flexibility index (Phi) is 5.44. The predicted molar refractivity (Wildman–Crippen MR) is 104 cm³/mol. The lowest BCUT2D eigenvalue weighted by molar-refractivity contribution is -0.137. The number of aromatic nitrogens is 6. The number of fused-ring (bicyclic) bond motifs is 1. The summed E-state index contributed by atoms with van der Waals surface area (Å²) >= 11 is 0. The number of benzene rings is 2. The molecule has 0 amide bonds. The molecule has 4 aromatic rings. The summed E-state index contributed by atoms with van der Waals surface area (Å²) in [6.45, 7) is 0.932. The molecule has 8 nitrogen and oxygen atoms in total. The van der Waals surface area contributed by atoms with Gasteiger partial charge in [-0.25, -0.2) is 23.1 Å². The molecule has 33 heavy (non-hydrogen) atoms. The molecular weight excluding hydrogens is 451 g/mol. The minimum atomic E-state index is -4.64. The third-order valence-corrected chi connectivity index (χ3v) is 5.34. The highest BCUT2D eigenvalue weighted by Crippen LogP contribution is 2.36. The quantitative estimate of drug-likeness (QED) is 0.455. The lowest BCUT2D eigenvalue weighted by Gasteiger charge is -2.34. The maximum atomic E-state index is 14.7. The third kappa shape index (κ3) is 4.06. The van der Waals surface area contributed by atoms with Gasteiger partial charge in [0.1, 0.15) is 35.4 Å². The Morgan fingerprint density at radius 1 is 1.12 bits per heavy atom. The lowest BCUT2D eigenvalue weighted by Crippen LogP contribution is -2.44. The summed E-state index contributed by atoms with van der Waals surface area (Å²) in [5.41, 5.74) is -4.73. The number of hydrogen-bond acceptors (Lipinski definition) is 6. The Bertz CT molecular complexity index is 1370. The number of rotatable bonds is 5. The van der Waals surface area contributed by atoms with E-state index in [0.29, 0.717) is 12.1 Å². The molecule has 0 saturated heterocycles. The van der Waals surface area contributed by atoms with Gasteiger partial charge in [0.05, 0.1) is 23.5 Å². The second-order valence-corrected chi connectivity index (χ2v) is 7.39. The first kappa shape index (κ1) is 22.5. The van der Waals surface area contributed by atoms with Crippen LogP contribution in [0.1, 0.15) is 24.1 Å². The van der Waals surface area contributed by atoms with Crippen LogP contribution in [0.3, 0.4) is 0 Å². The number of nitrogens with zero attached hydrogens (tertiary/aromatic N) is 6. The van der Waals surface area contributed by atoms with Crippen molar-refractivity contribution in [1.82, 2.24) is 29.8 Å². The highest BCUT2D eigenvalue weighted by Gasteiger charge is 2.42. The molecule has 0 aliphatic heterocycles. The molecule has 13 heteroatoms. The standard InChI is InChI=1S/C20H15F5N6O2/c1-11(31-18(32)14-4-2-12(20(23,24)25)6-17(14)28-29-31)19(33,8-30-10-26-9-27-30)15-5-3-13(21)7-16(15)22/h2-7,9-11,33H,8H2,1H3. The zero-order valence-corrected chi connectivity index (χ0v) is 16.8. The topological polar surface area (TPSA) is 98.7 Å². The van der Waals surface area contributed by atoms with Crippen LogP contribution in [0, 0.1) is 11.6 Å². The van der Waals surface area contributed by atoms with Crippen LogP contribution in [0.15, 0.2) is 53.8 Å². The van der Waals surface area contributed by atoms with Crippen LogP contribution in [-0.4, -0.2) is 34.9 Å². The summed E-state index contributed by atoms with van der Waals surface area (Å²) in [5.74, 6) is -1.96. The van der Waals surface area contributed by atoms with Crippen molar-refractivity contribution in [3.8, 4) is 0 Å². The largest absolute Gasteiger partial charge is 0.416 e. The molecule has 0 bridgehead atoms. The van der Waals surface area contributed by atoms with Gasteiger partial charge in [0, 0.05) is 11.6 Å². The molecule has 0 radical (unpaired) electrons. The molecule has 2 aromatic carbocycles. The molecule has 0 saturated carbocycles. The second kappa shape index (κ2) is 7.99. The summed E-state index contributed by atoms with van der Waals surface area (Å²) in [6, 6.07) is 3.57. The molecule has 0 spiro atoms. The zero-order valence-electron chi connectivity index (χ0n) is 16.8. The molecule has 1 N–H and O–H groups in total. The van der Waals surface area contributed by atoms with Crippen molar-refractivity contribution in [3.63, 3.8) is 0 Å². The Morgan fingerprint density at radius 3 is 2.52 bits per heavy atom. The molecule has 172 valence electrons. The third-order valence-electron chi connectivity index (χ3n) is 5.34. The van der Waals surface area contributed by atoms with Crippen LogP contribution in [0.25, 0.3) is 10.9 Å². The molecule has 2 atom stereocenters. The van der Waals surface area contributed by atoms with Gasteiger partial charge in [-0.15, -0.1) is 5.10 Å². The van der Waals surface area contributed by atoms with Crippen molar-refractivity contribution >= 4 is 10.9 Å². The molecule has 0 aliphatic carbocycles. The van der Waals surface area contributed by atoms with Crippen molar-refractivity contribution in [3.05, 3.63) is 82.2 Å². The average molecular weight is 466 g/mol. The Hall–Kier alpha value is -3.74. The van der Waals surface area contributed by atoms with E-state index in [2.05, 4.69) is 20.4 Å².